The molecule has 1 heterocycles. The molecule has 2 atom stereocenters. The summed E-state index contributed by atoms with van der Waals surface area (Å²) >= 11 is 1.49. The van der Waals surface area contributed by atoms with E-state index in [1.165, 1.54) is 30.6 Å². The van der Waals surface area contributed by atoms with Gasteiger partial charge in [0.1, 0.15) is 4.88 Å². The Labute approximate surface area is 124 Å². The Bertz CT molecular complexity index is 499. The van der Waals surface area contributed by atoms with E-state index >= 15 is 0 Å². The van der Waals surface area contributed by atoms with Crippen LogP contribution >= 0.6 is 11.3 Å². The van der Waals surface area contributed by atoms with Crippen molar-refractivity contribution in [2.75, 3.05) is 0 Å². The standard InChI is InChI=1S/C15H23N3OS/c1-8-14(20-9(2)17-8)15(19)18-13-10-4-3-5-11(13)7-12(16)6-10/h10-13H,3-7,16H2,1-2H3,(H,18,19). The number of carbonyl (C=O) groups is 1. The van der Waals surface area contributed by atoms with E-state index in [2.05, 4.69) is 10.3 Å². The lowest BCUT2D eigenvalue weighted by Crippen LogP contribution is -2.53. The van der Waals surface area contributed by atoms with Crippen LogP contribution < -0.4 is 11.1 Å². The van der Waals surface area contributed by atoms with E-state index in [1.54, 1.807) is 0 Å². The molecular weight excluding hydrogens is 270 g/mol. The third-order valence-corrected chi connectivity index (χ3v) is 5.86. The molecule has 110 valence electrons. The molecule has 0 aromatic carbocycles. The average Bonchev–Trinajstić information content (AvgIpc) is 2.69. The lowest BCUT2D eigenvalue weighted by atomic mass is 9.67. The molecule has 20 heavy (non-hydrogen) atoms. The van der Waals surface area contributed by atoms with Gasteiger partial charge in [0.05, 0.1) is 10.7 Å². The third kappa shape index (κ3) is 2.61. The first-order valence-corrected chi connectivity index (χ1v) is 8.36. The molecule has 1 aromatic heterocycles. The Kier molecular flexibility index (Phi) is 3.82. The molecule has 2 fully saturated rings. The summed E-state index contributed by atoms with van der Waals surface area (Å²) in [6.07, 6.45) is 5.81. The van der Waals surface area contributed by atoms with Gasteiger partial charge >= 0.3 is 0 Å². The van der Waals surface area contributed by atoms with E-state index in [9.17, 15) is 4.79 Å². The molecular formula is C15H23N3OS. The predicted molar refractivity (Wildman–Crippen MR) is 80.9 cm³/mol. The van der Waals surface area contributed by atoms with Crippen molar-refractivity contribution in [2.45, 2.75) is 58.0 Å². The predicted octanol–water partition coefficient (Wildman–Crippen LogP) is 2.40. The number of aromatic nitrogens is 1. The summed E-state index contributed by atoms with van der Waals surface area (Å²) in [5, 5.41) is 4.24. The zero-order valence-electron chi connectivity index (χ0n) is 12.2. The number of hydrogen-bond acceptors (Lipinski definition) is 4. The highest BCUT2D eigenvalue weighted by molar-refractivity contribution is 7.13. The lowest BCUT2D eigenvalue weighted by molar-refractivity contribution is 0.0759. The van der Waals surface area contributed by atoms with Gasteiger partial charge in [0, 0.05) is 12.1 Å². The maximum Gasteiger partial charge on any atom is 0.263 e. The van der Waals surface area contributed by atoms with Crippen molar-refractivity contribution in [1.29, 1.82) is 0 Å². The minimum absolute atomic E-state index is 0.0606. The van der Waals surface area contributed by atoms with Gasteiger partial charge in [-0.25, -0.2) is 4.98 Å². The Morgan fingerprint density at radius 2 is 1.95 bits per heavy atom. The summed E-state index contributed by atoms with van der Waals surface area (Å²) < 4.78 is 0. The zero-order valence-corrected chi connectivity index (χ0v) is 13.0. The molecule has 1 aromatic rings. The van der Waals surface area contributed by atoms with E-state index in [4.69, 9.17) is 5.73 Å². The van der Waals surface area contributed by atoms with E-state index in [-0.39, 0.29) is 5.91 Å². The number of hydrogen-bond donors (Lipinski definition) is 2. The summed E-state index contributed by atoms with van der Waals surface area (Å²) in [6.45, 7) is 3.86. The van der Waals surface area contributed by atoms with Crippen molar-refractivity contribution in [1.82, 2.24) is 10.3 Å². The van der Waals surface area contributed by atoms with Gasteiger partial charge in [-0.3, -0.25) is 4.79 Å². The minimum atomic E-state index is 0.0606. The molecule has 0 saturated heterocycles. The van der Waals surface area contributed by atoms with Gasteiger partial charge in [-0.05, 0) is 51.4 Å². The number of nitrogens with one attached hydrogen (secondary N) is 1. The first-order valence-electron chi connectivity index (χ1n) is 7.55. The monoisotopic (exact) mass is 293 g/mol. The molecule has 2 aliphatic rings. The molecule has 2 unspecified atom stereocenters. The fourth-order valence-electron chi connectivity index (χ4n) is 3.98. The van der Waals surface area contributed by atoms with Crippen molar-refractivity contribution >= 4 is 17.2 Å². The van der Waals surface area contributed by atoms with Gasteiger partial charge in [-0.1, -0.05) is 6.42 Å². The second-order valence-corrected chi connectivity index (χ2v) is 7.53. The van der Waals surface area contributed by atoms with Crippen molar-refractivity contribution in [2.24, 2.45) is 17.6 Å². The number of nitrogens with zero attached hydrogens (tertiary/aromatic N) is 1. The smallest absolute Gasteiger partial charge is 0.263 e. The Balaban J connectivity index is 1.74. The fourth-order valence-corrected chi connectivity index (χ4v) is 4.81. The number of thiazole rings is 1. The second kappa shape index (κ2) is 5.45. The fraction of sp³-hybridized carbons (Fsp3) is 0.733. The molecule has 2 bridgehead atoms. The molecule has 0 spiro atoms. The summed E-state index contributed by atoms with van der Waals surface area (Å²) in [5.74, 6) is 1.19. The summed E-state index contributed by atoms with van der Waals surface area (Å²) in [6, 6.07) is 0.642. The molecule has 2 aliphatic carbocycles. The highest BCUT2D eigenvalue weighted by Crippen LogP contribution is 2.39. The quantitative estimate of drug-likeness (QED) is 0.880. The molecule has 4 nitrogen and oxygen atoms in total. The SMILES string of the molecule is Cc1nc(C)c(C(=O)NC2C3CCCC2CC(N)C3)s1. The number of fused-ring (bicyclic) bond motifs is 2. The molecule has 0 aliphatic heterocycles. The summed E-state index contributed by atoms with van der Waals surface area (Å²) in [4.78, 5) is 17.6. The third-order valence-electron chi connectivity index (χ3n) is 4.78. The molecule has 0 radical (unpaired) electrons. The van der Waals surface area contributed by atoms with E-state index in [0.29, 0.717) is 23.9 Å². The number of rotatable bonds is 2. The Morgan fingerprint density at radius 3 is 2.50 bits per heavy atom. The van der Waals surface area contributed by atoms with Gasteiger partial charge in [-0.15, -0.1) is 11.3 Å². The van der Waals surface area contributed by atoms with Crippen LogP contribution in [0, 0.1) is 25.7 Å². The highest BCUT2D eigenvalue weighted by Gasteiger charge is 2.40. The van der Waals surface area contributed by atoms with Crippen molar-refractivity contribution in [3.63, 3.8) is 0 Å². The molecule has 2 saturated carbocycles. The van der Waals surface area contributed by atoms with Crippen molar-refractivity contribution in [3.05, 3.63) is 15.6 Å². The van der Waals surface area contributed by atoms with E-state index in [1.807, 2.05) is 13.8 Å². The van der Waals surface area contributed by atoms with Crippen LogP contribution in [-0.2, 0) is 0 Å². The first-order chi connectivity index (χ1) is 9.54. The largest absolute Gasteiger partial charge is 0.348 e. The normalized spacial score (nSPS) is 33.0. The van der Waals surface area contributed by atoms with Crippen LogP contribution in [0.5, 0.6) is 0 Å². The number of carbonyl (C=O) groups excluding carboxylic acids is 1. The van der Waals surface area contributed by atoms with Gasteiger partial charge in [0.15, 0.2) is 0 Å². The van der Waals surface area contributed by atoms with Gasteiger partial charge < -0.3 is 11.1 Å². The lowest BCUT2D eigenvalue weighted by Gasteiger charge is -2.45. The topological polar surface area (TPSA) is 68.0 Å². The van der Waals surface area contributed by atoms with Crippen LogP contribution in [-0.4, -0.2) is 23.0 Å². The van der Waals surface area contributed by atoms with Gasteiger partial charge in [-0.2, -0.15) is 0 Å². The maximum atomic E-state index is 12.5. The molecule has 3 rings (SSSR count). The Morgan fingerprint density at radius 1 is 1.30 bits per heavy atom. The van der Waals surface area contributed by atoms with Crippen LogP contribution in [0.25, 0.3) is 0 Å². The van der Waals surface area contributed by atoms with Crippen LogP contribution in [0.3, 0.4) is 0 Å². The van der Waals surface area contributed by atoms with Crippen molar-refractivity contribution in [3.8, 4) is 0 Å². The Hall–Kier alpha value is -0.940. The number of nitrogens with two attached hydrogens (primary N) is 1. The number of aryl methyl sites for hydroxylation is 2. The van der Waals surface area contributed by atoms with Gasteiger partial charge in [0.25, 0.3) is 5.91 Å². The van der Waals surface area contributed by atoms with Crippen LogP contribution in [0.15, 0.2) is 0 Å². The van der Waals surface area contributed by atoms with Crippen LogP contribution in [0.1, 0.15) is 52.5 Å². The van der Waals surface area contributed by atoms with Gasteiger partial charge in [0.2, 0.25) is 0 Å². The van der Waals surface area contributed by atoms with E-state index in [0.717, 1.165) is 28.4 Å². The molecule has 3 N–H and O–H groups in total. The minimum Gasteiger partial charge on any atom is -0.348 e. The summed E-state index contributed by atoms with van der Waals surface area (Å²) in [7, 11) is 0. The average molecular weight is 293 g/mol. The summed E-state index contributed by atoms with van der Waals surface area (Å²) in [5.41, 5.74) is 6.99. The maximum absolute atomic E-state index is 12.5. The first kappa shape index (κ1) is 14.0. The zero-order chi connectivity index (χ0) is 14.3. The number of amides is 1. The van der Waals surface area contributed by atoms with Crippen molar-refractivity contribution < 1.29 is 4.79 Å². The van der Waals surface area contributed by atoms with E-state index < -0.39 is 0 Å². The second-order valence-electron chi connectivity index (χ2n) is 6.33. The molecule has 1 amide bonds. The van der Waals surface area contributed by atoms with Crippen LogP contribution in [0.4, 0.5) is 0 Å². The van der Waals surface area contributed by atoms with Crippen LogP contribution in [0.2, 0.25) is 0 Å². The molecule has 5 heteroatoms. The highest BCUT2D eigenvalue weighted by atomic mass is 32.1.